The van der Waals surface area contributed by atoms with Crippen LogP contribution in [0.5, 0.6) is 0 Å². The van der Waals surface area contributed by atoms with E-state index in [2.05, 4.69) is 4.72 Å². The molecule has 1 aliphatic heterocycles. The highest BCUT2D eigenvalue weighted by Gasteiger charge is 2.44. The lowest BCUT2D eigenvalue weighted by atomic mass is 9.77. The quantitative estimate of drug-likeness (QED) is 0.239. The summed E-state index contributed by atoms with van der Waals surface area (Å²) < 4.78 is 56.3. The monoisotopic (exact) mass is 617 g/mol. The Labute approximate surface area is 253 Å². The molecule has 0 unspecified atom stereocenters. The number of carbonyl (C=O) groups is 1. The molecule has 4 aromatic carbocycles. The SMILES string of the molecule is O=C(c1cccc(S(=O)(=O)Nc2ccc(Cl)cc2)c1)N1N=C2/C(=C/c3ccc(F)cc3)CCC[C@H]2[C@H]1c1ccc(F)cc1. The normalized spacial score (nSPS) is 19.2. The van der Waals surface area contributed by atoms with Gasteiger partial charge in [0.15, 0.2) is 0 Å². The number of nitrogens with zero attached hydrogens (tertiary/aromatic N) is 2. The molecule has 1 N–H and O–H groups in total. The summed E-state index contributed by atoms with van der Waals surface area (Å²) >= 11 is 5.92. The van der Waals surface area contributed by atoms with Crippen LogP contribution in [-0.2, 0) is 10.0 Å². The Morgan fingerprint density at radius 2 is 1.60 bits per heavy atom. The summed E-state index contributed by atoms with van der Waals surface area (Å²) in [7, 11) is -4.02. The number of hydrogen-bond donors (Lipinski definition) is 1. The second kappa shape index (κ2) is 11.7. The zero-order valence-corrected chi connectivity index (χ0v) is 24.3. The fourth-order valence-electron chi connectivity index (χ4n) is 5.58. The molecule has 0 spiro atoms. The first-order valence-corrected chi connectivity index (χ1v) is 15.6. The predicted molar refractivity (Wildman–Crippen MR) is 163 cm³/mol. The van der Waals surface area contributed by atoms with Crippen molar-refractivity contribution in [2.24, 2.45) is 11.0 Å². The minimum absolute atomic E-state index is 0.0900. The molecule has 4 aromatic rings. The van der Waals surface area contributed by atoms with Gasteiger partial charge in [-0.3, -0.25) is 9.52 Å². The molecule has 1 aliphatic carbocycles. The van der Waals surface area contributed by atoms with Gasteiger partial charge >= 0.3 is 0 Å². The molecule has 0 radical (unpaired) electrons. The maximum Gasteiger partial charge on any atom is 0.274 e. The predicted octanol–water partition coefficient (Wildman–Crippen LogP) is 7.86. The van der Waals surface area contributed by atoms with Crippen molar-refractivity contribution in [3.63, 3.8) is 0 Å². The van der Waals surface area contributed by atoms with Crippen molar-refractivity contribution in [1.82, 2.24) is 5.01 Å². The molecule has 1 fully saturated rings. The van der Waals surface area contributed by atoms with Crippen LogP contribution in [0.2, 0.25) is 5.02 Å². The van der Waals surface area contributed by atoms with E-state index in [9.17, 15) is 22.0 Å². The van der Waals surface area contributed by atoms with Crippen LogP contribution in [0, 0.1) is 17.6 Å². The minimum Gasteiger partial charge on any atom is -0.280 e. The van der Waals surface area contributed by atoms with Gasteiger partial charge in [0.25, 0.3) is 15.9 Å². The number of amides is 1. The van der Waals surface area contributed by atoms with Gasteiger partial charge in [0, 0.05) is 22.2 Å². The summed E-state index contributed by atoms with van der Waals surface area (Å²) in [5, 5.41) is 6.67. The molecule has 6 nitrogen and oxygen atoms in total. The zero-order chi connectivity index (χ0) is 30.1. The van der Waals surface area contributed by atoms with Crippen LogP contribution >= 0.6 is 11.6 Å². The van der Waals surface area contributed by atoms with Crippen LogP contribution in [-0.4, -0.2) is 25.0 Å². The number of nitrogens with one attached hydrogen (secondary N) is 1. The maximum absolute atomic E-state index is 14.1. The number of anilines is 1. The molecule has 10 heteroatoms. The van der Waals surface area contributed by atoms with Crippen molar-refractivity contribution in [3.05, 3.63) is 136 Å². The lowest BCUT2D eigenvalue weighted by Crippen LogP contribution is -2.32. The standard InChI is InChI=1S/C33H26ClF2N3O3S/c34-25-11-17-28(18-12-25)38-43(41,42)29-5-1-4-24(20-29)33(40)39-32(22-9-15-27(36)16-10-22)30-6-2-3-23(31(30)37-39)19-21-7-13-26(35)14-8-21/h1,4-5,7-20,30,32,38H,2-3,6H2/b23-19+/t30-,32-/m1/s1. The first-order valence-electron chi connectivity index (χ1n) is 13.7. The first-order chi connectivity index (χ1) is 20.7. The molecule has 1 saturated carbocycles. The van der Waals surface area contributed by atoms with Gasteiger partial charge < -0.3 is 0 Å². The zero-order valence-electron chi connectivity index (χ0n) is 22.8. The summed E-state index contributed by atoms with van der Waals surface area (Å²) in [6.45, 7) is 0. The number of carbonyl (C=O) groups excluding carboxylic acids is 1. The number of benzene rings is 4. The Balaban J connectivity index is 1.37. The Bertz CT molecular complexity index is 1840. The van der Waals surface area contributed by atoms with E-state index in [1.165, 1.54) is 47.5 Å². The molecule has 0 bridgehead atoms. The highest BCUT2D eigenvalue weighted by atomic mass is 35.5. The largest absolute Gasteiger partial charge is 0.280 e. The van der Waals surface area contributed by atoms with E-state index in [-0.39, 0.29) is 22.2 Å². The summed E-state index contributed by atoms with van der Waals surface area (Å²) in [6.07, 6.45) is 4.29. The second-order valence-electron chi connectivity index (χ2n) is 10.5. The van der Waals surface area contributed by atoms with Gasteiger partial charge in [0.05, 0.1) is 16.6 Å². The van der Waals surface area contributed by atoms with E-state index >= 15 is 0 Å². The molecular weight excluding hydrogens is 592 g/mol. The smallest absolute Gasteiger partial charge is 0.274 e. The molecule has 0 aromatic heterocycles. The molecule has 1 heterocycles. The van der Waals surface area contributed by atoms with E-state index in [0.29, 0.717) is 10.7 Å². The van der Waals surface area contributed by atoms with Gasteiger partial charge in [0.1, 0.15) is 11.6 Å². The Hall–Kier alpha value is -4.34. The summed E-state index contributed by atoms with van der Waals surface area (Å²) in [5.41, 5.74) is 3.68. The van der Waals surface area contributed by atoms with Crippen molar-refractivity contribution in [2.75, 3.05) is 4.72 Å². The number of hydrazone groups is 1. The molecule has 6 rings (SSSR count). The van der Waals surface area contributed by atoms with E-state index in [0.717, 1.165) is 41.7 Å². The lowest BCUT2D eigenvalue weighted by Gasteiger charge is -2.29. The van der Waals surface area contributed by atoms with Crippen molar-refractivity contribution in [2.45, 2.75) is 30.2 Å². The average Bonchev–Trinajstić information content (AvgIpc) is 3.40. The Morgan fingerprint density at radius 3 is 2.30 bits per heavy atom. The molecular formula is C33H26ClF2N3O3S. The highest BCUT2D eigenvalue weighted by molar-refractivity contribution is 7.92. The third-order valence-corrected chi connectivity index (χ3v) is 9.25. The van der Waals surface area contributed by atoms with Gasteiger partial charge in [-0.2, -0.15) is 5.10 Å². The number of allylic oxidation sites excluding steroid dienone is 1. The fourth-order valence-corrected chi connectivity index (χ4v) is 6.81. The average molecular weight is 618 g/mol. The molecule has 2 atom stereocenters. The summed E-state index contributed by atoms with van der Waals surface area (Å²) in [6, 6.07) is 23.6. The van der Waals surface area contributed by atoms with Crippen LogP contribution in [0.1, 0.15) is 46.8 Å². The van der Waals surface area contributed by atoms with Gasteiger partial charge in [-0.1, -0.05) is 41.9 Å². The summed E-state index contributed by atoms with van der Waals surface area (Å²) in [4.78, 5) is 14.0. The van der Waals surface area contributed by atoms with Crippen molar-refractivity contribution < 1.29 is 22.0 Å². The van der Waals surface area contributed by atoms with Crippen LogP contribution in [0.4, 0.5) is 14.5 Å². The number of sulfonamides is 1. The second-order valence-corrected chi connectivity index (χ2v) is 12.6. The van der Waals surface area contributed by atoms with E-state index in [1.54, 1.807) is 54.6 Å². The van der Waals surface area contributed by atoms with Crippen LogP contribution in [0.25, 0.3) is 6.08 Å². The van der Waals surface area contributed by atoms with E-state index in [1.807, 2.05) is 6.08 Å². The first kappa shape index (κ1) is 28.8. The van der Waals surface area contributed by atoms with Crippen molar-refractivity contribution >= 4 is 45.0 Å². The topological polar surface area (TPSA) is 78.8 Å². The van der Waals surface area contributed by atoms with Gasteiger partial charge in [-0.25, -0.2) is 22.2 Å². The van der Waals surface area contributed by atoms with Crippen molar-refractivity contribution in [1.29, 1.82) is 0 Å². The van der Waals surface area contributed by atoms with Crippen LogP contribution < -0.4 is 4.72 Å². The Kier molecular flexibility index (Phi) is 7.85. The van der Waals surface area contributed by atoms with Crippen molar-refractivity contribution in [3.8, 4) is 0 Å². The van der Waals surface area contributed by atoms with Gasteiger partial charge in [-0.05, 0) is 109 Å². The Morgan fingerprint density at radius 1 is 0.930 bits per heavy atom. The highest BCUT2D eigenvalue weighted by Crippen LogP contribution is 2.45. The molecule has 0 saturated heterocycles. The van der Waals surface area contributed by atoms with Crippen LogP contribution in [0.3, 0.4) is 0 Å². The third-order valence-electron chi connectivity index (χ3n) is 7.62. The van der Waals surface area contributed by atoms with Gasteiger partial charge in [0.2, 0.25) is 0 Å². The number of hydrogen-bond acceptors (Lipinski definition) is 4. The molecule has 2 aliphatic rings. The molecule has 218 valence electrons. The minimum atomic E-state index is -4.02. The number of halogens is 3. The number of fused-ring (bicyclic) bond motifs is 1. The fraction of sp³-hybridized carbons (Fsp3) is 0.152. The van der Waals surface area contributed by atoms with Gasteiger partial charge in [-0.15, -0.1) is 0 Å². The summed E-state index contributed by atoms with van der Waals surface area (Å²) in [5.74, 6) is -1.37. The maximum atomic E-state index is 14.1. The van der Waals surface area contributed by atoms with E-state index < -0.39 is 27.8 Å². The number of rotatable bonds is 6. The third kappa shape index (κ3) is 6.09. The van der Waals surface area contributed by atoms with Crippen LogP contribution in [0.15, 0.2) is 113 Å². The van der Waals surface area contributed by atoms with E-state index in [4.69, 9.17) is 16.7 Å². The molecule has 43 heavy (non-hydrogen) atoms. The molecule has 1 amide bonds. The lowest BCUT2D eigenvalue weighted by molar-refractivity contribution is 0.0680.